The van der Waals surface area contributed by atoms with E-state index in [0.29, 0.717) is 16.5 Å². The molecule has 0 fully saturated rings. The van der Waals surface area contributed by atoms with Crippen molar-refractivity contribution in [3.63, 3.8) is 0 Å². The summed E-state index contributed by atoms with van der Waals surface area (Å²) in [5.41, 5.74) is 7.71. The first-order valence-corrected chi connectivity index (χ1v) is 6.32. The molecular weight excluding hydrogens is 264 g/mol. The number of fused-ring (bicyclic) bond motifs is 1. The predicted octanol–water partition coefficient (Wildman–Crippen LogP) is 2.43. The number of amides is 1. The van der Waals surface area contributed by atoms with Crippen LogP contribution >= 0.6 is 11.3 Å². The standard InChI is InChI=1S/C12H10N4O2S/c1-6-10(18-5-14-6)11(17)16-12-15-8-3-2-7(13)4-9(8)19-12/h2-5H,13H2,1H3,(H,15,16,17). The molecule has 0 aliphatic rings. The summed E-state index contributed by atoms with van der Waals surface area (Å²) in [6.45, 7) is 1.71. The Balaban J connectivity index is 1.89. The molecule has 2 aromatic heterocycles. The lowest BCUT2D eigenvalue weighted by Gasteiger charge is -1.97. The largest absolute Gasteiger partial charge is 0.438 e. The van der Waals surface area contributed by atoms with Gasteiger partial charge in [0.1, 0.15) is 0 Å². The number of nitrogens with two attached hydrogens (primary N) is 1. The number of aromatic nitrogens is 2. The van der Waals surface area contributed by atoms with Crippen LogP contribution in [0.1, 0.15) is 16.2 Å². The third-order valence-corrected chi connectivity index (χ3v) is 3.52. The van der Waals surface area contributed by atoms with Gasteiger partial charge in [0.25, 0.3) is 5.91 Å². The number of nitrogens with one attached hydrogen (secondary N) is 1. The van der Waals surface area contributed by atoms with E-state index >= 15 is 0 Å². The second-order valence-electron chi connectivity index (χ2n) is 3.97. The SMILES string of the molecule is Cc1ncoc1C(=O)Nc1nc2ccc(N)cc2s1. The minimum absolute atomic E-state index is 0.193. The van der Waals surface area contributed by atoms with E-state index < -0.39 is 0 Å². The van der Waals surface area contributed by atoms with E-state index in [4.69, 9.17) is 10.2 Å². The molecule has 96 valence electrons. The maximum absolute atomic E-state index is 11.9. The highest BCUT2D eigenvalue weighted by molar-refractivity contribution is 7.22. The minimum Gasteiger partial charge on any atom is -0.438 e. The fourth-order valence-corrected chi connectivity index (χ4v) is 2.58. The van der Waals surface area contributed by atoms with Crippen molar-refractivity contribution in [2.75, 3.05) is 11.1 Å². The first kappa shape index (κ1) is 11.7. The highest BCUT2D eigenvalue weighted by Gasteiger charge is 2.15. The van der Waals surface area contributed by atoms with Crippen LogP contribution in [0.4, 0.5) is 10.8 Å². The van der Waals surface area contributed by atoms with Crippen molar-refractivity contribution in [2.24, 2.45) is 0 Å². The van der Waals surface area contributed by atoms with Crippen LogP contribution in [0.5, 0.6) is 0 Å². The normalized spacial score (nSPS) is 10.8. The molecule has 3 aromatic rings. The van der Waals surface area contributed by atoms with Gasteiger partial charge in [-0.15, -0.1) is 0 Å². The molecule has 0 bridgehead atoms. The minimum atomic E-state index is -0.359. The summed E-state index contributed by atoms with van der Waals surface area (Å²) in [4.78, 5) is 20.1. The summed E-state index contributed by atoms with van der Waals surface area (Å²) in [7, 11) is 0. The van der Waals surface area contributed by atoms with Crippen molar-refractivity contribution in [3.8, 4) is 0 Å². The number of aryl methyl sites for hydroxylation is 1. The van der Waals surface area contributed by atoms with Gasteiger partial charge in [-0.2, -0.15) is 0 Å². The summed E-state index contributed by atoms with van der Waals surface area (Å²) in [5.74, 6) is -0.166. The van der Waals surface area contributed by atoms with Gasteiger partial charge in [0.2, 0.25) is 5.76 Å². The van der Waals surface area contributed by atoms with Gasteiger partial charge in [0.15, 0.2) is 11.5 Å². The lowest BCUT2D eigenvalue weighted by atomic mass is 10.3. The number of rotatable bonds is 2. The Morgan fingerprint density at radius 1 is 1.47 bits per heavy atom. The average Bonchev–Trinajstić information content (AvgIpc) is 2.94. The molecule has 7 heteroatoms. The Morgan fingerprint density at radius 3 is 3.05 bits per heavy atom. The first-order valence-electron chi connectivity index (χ1n) is 5.51. The quantitative estimate of drug-likeness (QED) is 0.700. The molecule has 6 nitrogen and oxygen atoms in total. The van der Waals surface area contributed by atoms with E-state index in [2.05, 4.69) is 15.3 Å². The van der Waals surface area contributed by atoms with Gasteiger partial charge in [-0.3, -0.25) is 10.1 Å². The van der Waals surface area contributed by atoms with Crippen molar-refractivity contribution >= 4 is 38.3 Å². The Bertz CT molecular complexity index is 762. The molecule has 0 atom stereocenters. The smallest absolute Gasteiger partial charge is 0.295 e. The van der Waals surface area contributed by atoms with E-state index in [1.54, 1.807) is 13.0 Å². The number of anilines is 2. The maximum Gasteiger partial charge on any atom is 0.295 e. The Labute approximate surface area is 112 Å². The molecule has 0 saturated heterocycles. The van der Waals surface area contributed by atoms with Crippen molar-refractivity contribution in [2.45, 2.75) is 6.92 Å². The van der Waals surface area contributed by atoms with Crippen LogP contribution in [-0.4, -0.2) is 15.9 Å². The summed E-state index contributed by atoms with van der Waals surface area (Å²) < 4.78 is 5.95. The first-order chi connectivity index (χ1) is 9.13. The monoisotopic (exact) mass is 274 g/mol. The number of benzene rings is 1. The van der Waals surface area contributed by atoms with Gasteiger partial charge in [0.05, 0.1) is 15.9 Å². The van der Waals surface area contributed by atoms with E-state index in [0.717, 1.165) is 10.2 Å². The van der Waals surface area contributed by atoms with Gasteiger partial charge in [-0.1, -0.05) is 11.3 Å². The molecule has 0 aliphatic carbocycles. The summed E-state index contributed by atoms with van der Waals surface area (Å²) in [6.07, 6.45) is 1.24. The van der Waals surface area contributed by atoms with Gasteiger partial charge in [-0.25, -0.2) is 9.97 Å². The zero-order valence-corrected chi connectivity index (χ0v) is 10.8. The number of carbonyl (C=O) groups excluding carboxylic acids is 1. The van der Waals surface area contributed by atoms with E-state index in [9.17, 15) is 4.79 Å². The zero-order chi connectivity index (χ0) is 13.4. The Kier molecular flexibility index (Phi) is 2.68. The summed E-state index contributed by atoms with van der Waals surface area (Å²) >= 11 is 1.36. The molecule has 0 unspecified atom stereocenters. The molecule has 2 heterocycles. The molecular formula is C12H10N4O2S. The number of oxazole rings is 1. The van der Waals surface area contributed by atoms with Crippen LogP contribution in [0.15, 0.2) is 29.0 Å². The lowest BCUT2D eigenvalue weighted by molar-refractivity contribution is 0.0996. The van der Waals surface area contributed by atoms with E-state index in [-0.39, 0.29) is 11.7 Å². The topological polar surface area (TPSA) is 94.0 Å². The molecule has 3 rings (SSSR count). The van der Waals surface area contributed by atoms with Crippen LogP contribution in [-0.2, 0) is 0 Å². The fourth-order valence-electron chi connectivity index (χ4n) is 1.67. The van der Waals surface area contributed by atoms with E-state index in [1.807, 2.05) is 12.1 Å². The van der Waals surface area contributed by atoms with Gasteiger partial charge in [-0.05, 0) is 25.1 Å². The fraction of sp³-hybridized carbons (Fsp3) is 0.0833. The van der Waals surface area contributed by atoms with Gasteiger partial charge < -0.3 is 10.2 Å². The summed E-state index contributed by atoms with van der Waals surface area (Å²) in [6, 6.07) is 5.41. The third-order valence-electron chi connectivity index (χ3n) is 2.58. The van der Waals surface area contributed by atoms with Gasteiger partial charge in [0, 0.05) is 5.69 Å². The molecule has 3 N–H and O–H groups in total. The van der Waals surface area contributed by atoms with Crippen molar-refractivity contribution in [3.05, 3.63) is 36.0 Å². The molecule has 0 radical (unpaired) electrons. The number of nitrogens with zero attached hydrogens (tertiary/aromatic N) is 2. The Morgan fingerprint density at radius 2 is 2.32 bits per heavy atom. The van der Waals surface area contributed by atoms with Crippen molar-refractivity contribution in [1.82, 2.24) is 9.97 Å². The number of nitrogen functional groups attached to an aromatic ring is 1. The second-order valence-corrected chi connectivity index (χ2v) is 5.00. The van der Waals surface area contributed by atoms with Gasteiger partial charge >= 0.3 is 0 Å². The molecule has 0 aliphatic heterocycles. The second kappa shape index (κ2) is 4.36. The lowest BCUT2D eigenvalue weighted by Crippen LogP contribution is -2.11. The van der Waals surface area contributed by atoms with Crippen LogP contribution in [0, 0.1) is 6.92 Å². The number of hydrogen-bond acceptors (Lipinski definition) is 6. The van der Waals surface area contributed by atoms with Crippen LogP contribution < -0.4 is 11.1 Å². The Hall–Kier alpha value is -2.41. The summed E-state index contributed by atoms with van der Waals surface area (Å²) in [5, 5.41) is 3.19. The zero-order valence-electron chi connectivity index (χ0n) is 10.0. The van der Waals surface area contributed by atoms with Crippen LogP contribution in [0.2, 0.25) is 0 Å². The van der Waals surface area contributed by atoms with Crippen molar-refractivity contribution < 1.29 is 9.21 Å². The highest BCUT2D eigenvalue weighted by atomic mass is 32.1. The van der Waals surface area contributed by atoms with Crippen LogP contribution in [0.25, 0.3) is 10.2 Å². The number of thiazole rings is 1. The van der Waals surface area contributed by atoms with Crippen LogP contribution in [0.3, 0.4) is 0 Å². The average molecular weight is 274 g/mol. The molecule has 1 aromatic carbocycles. The maximum atomic E-state index is 11.9. The molecule has 19 heavy (non-hydrogen) atoms. The number of hydrogen-bond donors (Lipinski definition) is 2. The number of carbonyl (C=O) groups is 1. The highest BCUT2D eigenvalue weighted by Crippen LogP contribution is 2.27. The third kappa shape index (κ3) is 2.15. The molecule has 0 saturated carbocycles. The predicted molar refractivity (Wildman–Crippen MR) is 73.2 cm³/mol. The van der Waals surface area contributed by atoms with E-state index in [1.165, 1.54) is 17.7 Å². The van der Waals surface area contributed by atoms with Crippen molar-refractivity contribution in [1.29, 1.82) is 0 Å². The molecule has 0 spiro atoms. The molecule has 1 amide bonds.